The maximum absolute atomic E-state index is 11.7. The van der Waals surface area contributed by atoms with Gasteiger partial charge in [0, 0.05) is 12.8 Å². The summed E-state index contributed by atoms with van der Waals surface area (Å²) >= 11 is 8.06. The van der Waals surface area contributed by atoms with Crippen molar-refractivity contribution in [3.63, 3.8) is 0 Å². The largest absolute Gasteiger partial charge is 0.455 e. The Kier molecular flexibility index (Phi) is 4.69. The predicted molar refractivity (Wildman–Crippen MR) is 84.7 cm³/mol. The molecule has 0 amide bonds. The van der Waals surface area contributed by atoms with Gasteiger partial charge in [0.25, 0.3) is 0 Å². The first-order valence-corrected chi connectivity index (χ1v) is 10.7. The maximum atomic E-state index is 11.7. The molecule has 0 N–H and O–H groups in total. The SMILES string of the molecule is O=C1CCC(C2SCCCS2)(C2SCCCS2)O1. The Labute approximate surface area is 126 Å². The fourth-order valence-corrected chi connectivity index (χ4v) is 9.67. The normalized spacial score (nSPS) is 30.3. The number of hydrogen-bond acceptors (Lipinski definition) is 6. The van der Waals surface area contributed by atoms with Gasteiger partial charge in [-0.3, -0.25) is 4.79 Å². The third-order valence-corrected chi connectivity index (χ3v) is 10.0. The summed E-state index contributed by atoms with van der Waals surface area (Å²) in [6.07, 6.45) is 4.14. The second-order valence-electron chi connectivity index (χ2n) is 4.78. The molecule has 3 saturated heterocycles. The van der Waals surface area contributed by atoms with Gasteiger partial charge in [0.05, 0.1) is 9.16 Å². The van der Waals surface area contributed by atoms with Gasteiger partial charge < -0.3 is 4.74 Å². The van der Waals surface area contributed by atoms with Crippen molar-refractivity contribution in [1.82, 2.24) is 0 Å². The molecule has 0 aromatic rings. The van der Waals surface area contributed by atoms with Crippen molar-refractivity contribution in [1.29, 1.82) is 0 Å². The van der Waals surface area contributed by atoms with Gasteiger partial charge in [-0.05, 0) is 35.9 Å². The second kappa shape index (κ2) is 6.10. The molecular weight excluding hydrogens is 304 g/mol. The number of thioether (sulfide) groups is 4. The Morgan fingerprint density at radius 1 is 0.944 bits per heavy atom. The van der Waals surface area contributed by atoms with Crippen LogP contribution in [0.3, 0.4) is 0 Å². The molecule has 0 aromatic heterocycles. The molecule has 0 radical (unpaired) electrons. The number of ether oxygens (including phenoxy) is 1. The van der Waals surface area contributed by atoms with Gasteiger partial charge in [0.15, 0.2) is 5.60 Å². The Morgan fingerprint density at radius 2 is 1.44 bits per heavy atom. The summed E-state index contributed by atoms with van der Waals surface area (Å²) in [6, 6.07) is 0. The Hall–Kier alpha value is 0.870. The molecule has 0 unspecified atom stereocenters. The highest BCUT2D eigenvalue weighted by atomic mass is 32.2. The smallest absolute Gasteiger partial charge is 0.306 e. The Morgan fingerprint density at radius 3 is 1.83 bits per heavy atom. The molecule has 0 bridgehead atoms. The Bertz CT molecular complexity index is 293. The van der Waals surface area contributed by atoms with E-state index in [1.54, 1.807) is 0 Å². The van der Waals surface area contributed by atoms with E-state index in [4.69, 9.17) is 4.74 Å². The van der Waals surface area contributed by atoms with Crippen molar-refractivity contribution in [3.05, 3.63) is 0 Å². The first kappa shape index (κ1) is 13.8. The van der Waals surface area contributed by atoms with Gasteiger partial charge in [-0.2, -0.15) is 0 Å². The van der Waals surface area contributed by atoms with Crippen LogP contribution in [0.25, 0.3) is 0 Å². The minimum atomic E-state index is -0.192. The van der Waals surface area contributed by atoms with Crippen molar-refractivity contribution >= 4 is 53.0 Å². The zero-order valence-electron chi connectivity index (χ0n) is 10.3. The molecule has 3 fully saturated rings. The zero-order chi connectivity index (χ0) is 12.4. The summed E-state index contributed by atoms with van der Waals surface area (Å²) in [7, 11) is 0. The van der Waals surface area contributed by atoms with E-state index in [9.17, 15) is 4.79 Å². The minimum Gasteiger partial charge on any atom is -0.455 e. The highest BCUT2D eigenvalue weighted by Gasteiger charge is 2.54. The van der Waals surface area contributed by atoms with E-state index in [1.807, 2.05) is 47.0 Å². The molecule has 102 valence electrons. The fourth-order valence-electron chi connectivity index (χ4n) is 2.59. The van der Waals surface area contributed by atoms with Crippen molar-refractivity contribution in [2.75, 3.05) is 23.0 Å². The highest BCUT2D eigenvalue weighted by molar-refractivity contribution is 8.19. The average Bonchev–Trinajstić information content (AvgIpc) is 2.84. The number of cyclic esters (lactones) is 1. The summed E-state index contributed by atoms with van der Waals surface area (Å²) in [5, 5.41) is 0. The van der Waals surface area contributed by atoms with Crippen molar-refractivity contribution in [3.8, 4) is 0 Å². The average molecular weight is 323 g/mol. The second-order valence-corrected chi connectivity index (χ2v) is 10.2. The van der Waals surface area contributed by atoms with Crippen molar-refractivity contribution in [2.45, 2.75) is 40.4 Å². The van der Waals surface area contributed by atoms with Crippen LogP contribution < -0.4 is 0 Å². The summed E-state index contributed by atoms with van der Waals surface area (Å²) in [5.41, 5.74) is -0.192. The fraction of sp³-hybridized carbons (Fsp3) is 0.917. The minimum absolute atomic E-state index is 0.0218. The van der Waals surface area contributed by atoms with Crippen LogP contribution in [0.4, 0.5) is 0 Å². The molecule has 3 heterocycles. The third kappa shape index (κ3) is 2.67. The summed E-state index contributed by atoms with van der Waals surface area (Å²) < 4.78 is 6.82. The van der Waals surface area contributed by atoms with E-state index in [0.717, 1.165) is 6.42 Å². The molecule has 3 aliphatic heterocycles. The van der Waals surface area contributed by atoms with Crippen LogP contribution in [0.2, 0.25) is 0 Å². The number of hydrogen-bond donors (Lipinski definition) is 0. The van der Waals surface area contributed by atoms with Crippen LogP contribution in [-0.2, 0) is 9.53 Å². The quantitative estimate of drug-likeness (QED) is 0.723. The molecule has 18 heavy (non-hydrogen) atoms. The van der Waals surface area contributed by atoms with Crippen LogP contribution in [0, 0.1) is 0 Å². The van der Waals surface area contributed by atoms with Crippen molar-refractivity contribution in [2.24, 2.45) is 0 Å². The zero-order valence-corrected chi connectivity index (χ0v) is 13.5. The first-order valence-electron chi connectivity index (χ1n) is 6.49. The first-order chi connectivity index (χ1) is 8.81. The van der Waals surface area contributed by atoms with Gasteiger partial charge in [0.1, 0.15) is 0 Å². The van der Waals surface area contributed by atoms with E-state index in [-0.39, 0.29) is 11.6 Å². The molecule has 6 heteroatoms. The summed E-state index contributed by atoms with van der Waals surface area (Å²) in [4.78, 5) is 11.7. The van der Waals surface area contributed by atoms with Crippen LogP contribution in [-0.4, -0.2) is 43.7 Å². The number of carbonyl (C=O) groups excluding carboxylic acids is 1. The summed E-state index contributed by atoms with van der Waals surface area (Å²) in [5.74, 6) is 4.91. The van der Waals surface area contributed by atoms with Crippen LogP contribution in [0.1, 0.15) is 25.7 Å². The van der Waals surface area contributed by atoms with E-state index < -0.39 is 0 Å². The Balaban J connectivity index is 1.80. The molecule has 0 aromatic carbocycles. The van der Waals surface area contributed by atoms with Gasteiger partial charge >= 0.3 is 5.97 Å². The lowest BCUT2D eigenvalue weighted by atomic mass is 10.1. The highest BCUT2D eigenvalue weighted by Crippen LogP contribution is 2.53. The molecule has 0 atom stereocenters. The molecule has 0 aliphatic carbocycles. The van der Waals surface area contributed by atoms with Gasteiger partial charge in [-0.1, -0.05) is 0 Å². The lowest BCUT2D eigenvalue weighted by Crippen LogP contribution is -2.48. The maximum Gasteiger partial charge on any atom is 0.306 e. The standard InChI is InChI=1S/C12H18O2S4/c13-9-3-4-12(14-9,10-15-5-1-6-16-10)11-17-7-2-8-18-11/h10-11H,1-8H2. The molecule has 2 nitrogen and oxygen atoms in total. The van der Waals surface area contributed by atoms with Gasteiger partial charge in [-0.25, -0.2) is 0 Å². The number of rotatable bonds is 2. The molecule has 0 spiro atoms. The topological polar surface area (TPSA) is 26.3 Å². The van der Waals surface area contributed by atoms with E-state index >= 15 is 0 Å². The van der Waals surface area contributed by atoms with Crippen LogP contribution >= 0.6 is 47.0 Å². The number of esters is 1. The van der Waals surface area contributed by atoms with Gasteiger partial charge in [-0.15, -0.1) is 47.0 Å². The molecule has 3 rings (SSSR count). The monoisotopic (exact) mass is 322 g/mol. The van der Waals surface area contributed by atoms with Crippen LogP contribution in [0.5, 0.6) is 0 Å². The van der Waals surface area contributed by atoms with Crippen molar-refractivity contribution < 1.29 is 9.53 Å². The van der Waals surface area contributed by atoms with Gasteiger partial charge in [0.2, 0.25) is 0 Å². The molecule has 3 aliphatic rings. The van der Waals surface area contributed by atoms with Crippen LogP contribution in [0.15, 0.2) is 0 Å². The van der Waals surface area contributed by atoms with E-state index in [2.05, 4.69) is 0 Å². The lowest BCUT2D eigenvalue weighted by molar-refractivity contribution is -0.146. The lowest BCUT2D eigenvalue weighted by Gasteiger charge is -2.43. The third-order valence-electron chi connectivity index (χ3n) is 3.48. The number of carbonyl (C=O) groups is 1. The molecule has 0 saturated carbocycles. The molecular formula is C12H18O2S4. The summed E-state index contributed by atoms with van der Waals surface area (Å²) in [6.45, 7) is 0. The van der Waals surface area contributed by atoms with E-state index in [1.165, 1.54) is 35.9 Å². The van der Waals surface area contributed by atoms with E-state index in [0.29, 0.717) is 15.6 Å². The predicted octanol–water partition coefficient (Wildman–Crippen LogP) is 3.45.